The van der Waals surface area contributed by atoms with Crippen LogP contribution in [0, 0.1) is 3.57 Å². The third-order valence-corrected chi connectivity index (χ3v) is 4.50. The van der Waals surface area contributed by atoms with Gasteiger partial charge in [0.25, 0.3) is 5.91 Å². The minimum absolute atomic E-state index is 0.0504. The molecular weight excluding hydrogens is 405 g/mol. The Labute approximate surface area is 149 Å². The molecule has 23 heavy (non-hydrogen) atoms. The SMILES string of the molecule is CC1(C)Cc2cccc(OCC(=O)Nc3ccccc3I)c2O1. The van der Waals surface area contributed by atoms with E-state index in [1.165, 1.54) is 0 Å². The van der Waals surface area contributed by atoms with Crippen molar-refractivity contribution in [1.29, 1.82) is 0 Å². The van der Waals surface area contributed by atoms with Crippen LogP contribution >= 0.6 is 22.6 Å². The van der Waals surface area contributed by atoms with Crippen LogP contribution in [-0.4, -0.2) is 18.1 Å². The maximum atomic E-state index is 12.1. The molecule has 0 aliphatic carbocycles. The molecule has 1 amide bonds. The Morgan fingerprint density at radius 1 is 1.26 bits per heavy atom. The number of rotatable bonds is 4. The first kappa shape index (κ1) is 16.1. The quantitative estimate of drug-likeness (QED) is 0.756. The lowest BCUT2D eigenvalue weighted by molar-refractivity contribution is -0.118. The van der Waals surface area contributed by atoms with Crippen molar-refractivity contribution in [2.24, 2.45) is 0 Å². The van der Waals surface area contributed by atoms with Crippen LogP contribution in [0.25, 0.3) is 0 Å². The summed E-state index contributed by atoms with van der Waals surface area (Å²) in [5.41, 5.74) is 1.67. The van der Waals surface area contributed by atoms with Crippen LogP contribution in [0.15, 0.2) is 42.5 Å². The third-order valence-electron chi connectivity index (χ3n) is 3.56. The molecule has 1 N–H and O–H groups in total. The van der Waals surface area contributed by atoms with Crippen LogP contribution in [-0.2, 0) is 11.2 Å². The van der Waals surface area contributed by atoms with Crippen molar-refractivity contribution in [1.82, 2.24) is 0 Å². The van der Waals surface area contributed by atoms with Gasteiger partial charge < -0.3 is 14.8 Å². The monoisotopic (exact) mass is 423 g/mol. The highest BCUT2D eigenvalue weighted by molar-refractivity contribution is 14.1. The minimum Gasteiger partial charge on any atom is -0.483 e. The predicted octanol–water partition coefficient (Wildman–Crippen LogP) is 4.02. The lowest BCUT2D eigenvalue weighted by Crippen LogP contribution is -2.25. The van der Waals surface area contributed by atoms with Gasteiger partial charge in [-0.2, -0.15) is 0 Å². The standard InChI is InChI=1S/C18H18INO3/c1-18(2)10-12-6-5-9-15(17(12)23-18)22-11-16(21)20-14-8-4-3-7-13(14)19/h3-9H,10-11H2,1-2H3,(H,20,21). The molecule has 0 aromatic heterocycles. The normalized spacial score (nSPS) is 14.7. The van der Waals surface area contributed by atoms with Crippen LogP contribution in [0.4, 0.5) is 5.69 Å². The number of ether oxygens (including phenoxy) is 2. The number of anilines is 1. The molecule has 120 valence electrons. The van der Waals surface area contributed by atoms with Crippen molar-refractivity contribution in [3.8, 4) is 11.5 Å². The fourth-order valence-electron chi connectivity index (χ4n) is 2.59. The van der Waals surface area contributed by atoms with E-state index < -0.39 is 0 Å². The van der Waals surface area contributed by atoms with E-state index in [1.807, 2.05) is 56.3 Å². The molecule has 0 bridgehead atoms. The second-order valence-electron chi connectivity index (χ2n) is 6.10. The Balaban J connectivity index is 1.65. The van der Waals surface area contributed by atoms with Crippen molar-refractivity contribution in [3.63, 3.8) is 0 Å². The summed E-state index contributed by atoms with van der Waals surface area (Å²) in [6, 6.07) is 13.4. The van der Waals surface area contributed by atoms with Gasteiger partial charge in [-0.25, -0.2) is 0 Å². The van der Waals surface area contributed by atoms with Crippen molar-refractivity contribution in [2.75, 3.05) is 11.9 Å². The molecule has 0 fully saturated rings. The van der Waals surface area contributed by atoms with E-state index in [2.05, 4.69) is 27.9 Å². The van der Waals surface area contributed by atoms with Gasteiger partial charge in [-0.1, -0.05) is 24.3 Å². The largest absolute Gasteiger partial charge is 0.483 e. The summed E-state index contributed by atoms with van der Waals surface area (Å²) >= 11 is 2.19. The Kier molecular flexibility index (Phi) is 4.48. The zero-order chi connectivity index (χ0) is 16.4. The van der Waals surface area contributed by atoms with Gasteiger partial charge in [-0.05, 0) is 54.6 Å². The van der Waals surface area contributed by atoms with Crippen LogP contribution in [0.5, 0.6) is 11.5 Å². The molecule has 1 aliphatic rings. The fraction of sp³-hybridized carbons (Fsp3) is 0.278. The molecule has 0 saturated heterocycles. The van der Waals surface area contributed by atoms with E-state index in [0.29, 0.717) is 5.75 Å². The molecule has 1 aliphatic heterocycles. The van der Waals surface area contributed by atoms with Gasteiger partial charge in [0.15, 0.2) is 18.1 Å². The number of carbonyl (C=O) groups is 1. The fourth-order valence-corrected chi connectivity index (χ4v) is 3.12. The van der Waals surface area contributed by atoms with E-state index in [4.69, 9.17) is 9.47 Å². The molecule has 1 heterocycles. The van der Waals surface area contributed by atoms with Gasteiger partial charge in [0.2, 0.25) is 0 Å². The number of nitrogens with one attached hydrogen (secondary N) is 1. The first-order chi connectivity index (χ1) is 10.9. The van der Waals surface area contributed by atoms with Gasteiger partial charge in [0, 0.05) is 15.6 Å². The lowest BCUT2D eigenvalue weighted by Gasteiger charge is -2.18. The van der Waals surface area contributed by atoms with Crippen LogP contribution in [0.2, 0.25) is 0 Å². The molecular formula is C18H18INO3. The van der Waals surface area contributed by atoms with Gasteiger partial charge in [0.05, 0.1) is 5.69 Å². The number of benzene rings is 2. The van der Waals surface area contributed by atoms with Gasteiger partial charge in [0.1, 0.15) is 5.60 Å². The van der Waals surface area contributed by atoms with E-state index in [-0.39, 0.29) is 18.1 Å². The van der Waals surface area contributed by atoms with Crippen molar-refractivity contribution >= 4 is 34.2 Å². The molecule has 0 unspecified atom stereocenters. The van der Waals surface area contributed by atoms with Gasteiger partial charge in [-0.3, -0.25) is 4.79 Å². The number of hydrogen-bond donors (Lipinski definition) is 1. The Morgan fingerprint density at radius 3 is 2.83 bits per heavy atom. The minimum atomic E-state index is -0.232. The molecule has 2 aromatic carbocycles. The smallest absolute Gasteiger partial charge is 0.262 e. The van der Waals surface area contributed by atoms with E-state index in [0.717, 1.165) is 27.0 Å². The second kappa shape index (κ2) is 6.39. The summed E-state index contributed by atoms with van der Waals surface area (Å²) in [4.78, 5) is 12.1. The lowest BCUT2D eigenvalue weighted by atomic mass is 10.0. The number of halogens is 1. The molecule has 0 spiro atoms. The van der Waals surface area contributed by atoms with Crippen molar-refractivity contribution in [2.45, 2.75) is 25.9 Å². The van der Waals surface area contributed by atoms with Crippen LogP contribution in [0.1, 0.15) is 19.4 Å². The summed E-state index contributed by atoms with van der Waals surface area (Å²) in [6.45, 7) is 4.03. The molecule has 4 nitrogen and oxygen atoms in total. The molecule has 0 saturated carbocycles. The summed E-state index contributed by atoms with van der Waals surface area (Å²) < 4.78 is 12.6. The van der Waals surface area contributed by atoms with E-state index in [1.54, 1.807) is 0 Å². The highest BCUT2D eigenvalue weighted by atomic mass is 127. The highest BCUT2D eigenvalue weighted by Crippen LogP contribution is 2.41. The summed E-state index contributed by atoms with van der Waals surface area (Å²) in [5, 5.41) is 2.85. The average molecular weight is 423 g/mol. The Bertz CT molecular complexity index is 743. The van der Waals surface area contributed by atoms with E-state index in [9.17, 15) is 4.79 Å². The maximum Gasteiger partial charge on any atom is 0.262 e. The number of para-hydroxylation sites is 2. The summed E-state index contributed by atoms with van der Waals surface area (Å²) in [7, 11) is 0. The average Bonchev–Trinajstić information content (AvgIpc) is 2.82. The van der Waals surface area contributed by atoms with Crippen LogP contribution < -0.4 is 14.8 Å². The number of amides is 1. The topological polar surface area (TPSA) is 47.6 Å². The van der Waals surface area contributed by atoms with Crippen molar-refractivity contribution < 1.29 is 14.3 Å². The third kappa shape index (κ3) is 3.77. The maximum absolute atomic E-state index is 12.1. The Hall–Kier alpha value is -1.76. The number of fused-ring (bicyclic) bond motifs is 1. The molecule has 0 atom stereocenters. The first-order valence-corrected chi connectivity index (χ1v) is 8.50. The number of carbonyl (C=O) groups excluding carboxylic acids is 1. The first-order valence-electron chi connectivity index (χ1n) is 7.43. The summed E-state index contributed by atoms with van der Waals surface area (Å²) in [5.74, 6) is 1.18. The molecule has 0 radical (unpaired) electrons. The van der Waals surface area contributed by atoms with Crippen LogP contribution in [0.3, 0.4) is 0 Å². The van der Waals surface area contributed by atoms with E-state index >= 15 is 0 Å². The predicted molar refractivity (Wildman–Crippen MR) is 98.1 cm³/mol. The molecule has 5 heteroatoms. The molecule has 2 aromatic rings. The summed E-state index contributed by atoms with van der Waals surface area (Å²) in [6.07, 6.45) is 0.841. The zero-order valence-electron chi connectivity index (χ0n) is 13.1. The Morgan fingerprint density at radius 2 is 2.04 bits per heavy atom. The highest BCUT2D eigenvalue weighted by Gasteiger charge is 2.32. The van der Waals surface area contributed by atoms with Gasteiger partial charge >= 0.3 is 0 Å². The molecule has 3 rings (SSSR count). The zero-order valence-corrected chi connectivity index (χ0v) is 15.2. The van der Waals surface area contributed by atoms with Gasteiger partial charge in [-0.15, -0.1) is 0 Å². The number of hydrogen-bond acceptors (Lipinski definition) is 3. The van der Waals surface area contributed by atoms with Crippen molar-refractivity contribution in [3.05, 3.63) is 51.6 Å². The second-order valence-corrected chi connectivity index (χ2v) is 7.26.